The van der Waals surface area contributed by atoms with Crippen molar-refractivity contribution in [1.29, 1.82) is 5.41 Å². The Hall–Kier alpha value is -1.32. The van der Waals surface area contributed by atoms with Crippen LogP contribution in [0.4, 0.5) is 0 Å². The second-order valence-corrected chi connectivity index (χ2v) is 1.79. The summed E-state index contributed by atoms with van der Waals surface area (Å²) in [7, 11) is 0. The second-order valence-electron chi connectivity index (χ2n) is 1.79. The van der Waals surface area contributed by atoms with E-state index in [4.69, 9.17) is 16.9 Å². The molecule has 0 aromatic rings. The molecular weight excluding hydrogens is 128 g/mol. The van der Waals surface area contributed by atoms with Gasteiger partial charge in [-0.05, 0) is 6.08 Å². The molecule has 0 aromatic heterocycles. The molecule has 5 N–H and O–H groups in total. The maximum absolute atomic E-state index is 6.84. The predicted molar refractivity (Wildman–Crippen MR) is 43.2 cm³/mol. The quantitative estimate of drug-likeness (QED) is 0.374. The smallest absolute Gasteiger partial charge is 0.117 e. The number of nitrogens with one attached hydrogen (secondary N) is 1. The van der Waals surface area contributed by atoms with Crippen LogP contribution in [0.5, 0.6) is 0 Å². The fourth-order valence-corrected chi connectivity index (χ4v) is 0.370. The molecule has 0 saturated carbocycles. The van der Waals surface area contributed by atoms with Crippen molar-refractivity contribution in [2.45, 2.75) is 6.42 Å². The fraction of sp³-hybridized carbons (Fsp3) is 0.333. The number of hydrogen-bond acceptors (Lipinski definition) is 2. The lowest BCUT2D eigenvalue weighted by Crippen LogP contribution is -2.13. The lowest BCUT2D eigenvalue weighted by atomic mass is 10.4. The van der Waals surface area contributed by atoms with Crippen LogP contribution in [0.25, 0.3) is 0 Å². The van der Waals surface area contributed by atoms with Crippen LogP contribution in [-0.2, 0) is 0 Å². The number of nitrogens with zero attached hydrogens (tertiary/aromatic N) is 1. The van der Waals surface area contributed by atoms with Gasteiger partial charge in [0.05, 0.1) is 5.84 Å². The van der Waals surface area contributed by atoms with Gasteiger partial charge in [-0.3, -0.25) is 10.4 Å². The van der Waals surface area contributed by atoms with Gasteiger partial charge >= 0.3 is 0 Å². The molecule has 0 aliphatic carbocycles. The molecule has 0 aliphatic heterocycles. The Morgan fingerprint density at radius 3 is 2.60 bits per heavy atom. The van der Waals surface area contributed by atoms with Crippen LogP contribution in [-0.4, -0.2) is 18.2 Å². The van der Waals surface area contributed by atoms with E-state index >= 15 is 0 Å². The van der Waals surface area contributed by atoms with Crippen LogP contribution in [0.3, 0.4) is 0 Å². The van der Waals surface area contributed by atoms with Gasteiger partial charge in [0.2, 0.25) is 0 Å². The maximum atomic E-state index is 6.84. The fourth-order valence-electron chi connectivity index (χ4n) is 0.370. The molecule has 0 saturated heterocycles. The largest absolute Gasteiger partial charge is 0.388 e. The molecule has 0 spiro atoms. The molecule has 10 heavy (non-hydrogen) atoms. The molecule has 0 heterocycles. The average Bonchev–Trinajstić information content (AvgIpc) is 1.87. The van der Waals surface area contributed by atoms with Crippen molar-refractivity contribution in [1.82, 2.24) is 0 Å². The Bertz CT molecular complexity index is 159. The number of amidine groups is 2. The Balaban J connectivity index is 3.52. The third-order valence-corrected chi connectivity index (χ3v) is 0.885. The van der Waals surface area contributed by atoms with Crippen molar-refractivity contribution in [3.05, 3.63) is 12.7 Å². The molecular formula is C6H12N4. The summed E-state index contributed by atoms with van der Waals surface area (Å²) in [5, 5.41) is 6.84. The summed E-state index contributed by atoms with van der Waals surface area (Å²) in [6, 6.07) is 0. The number of aliphatic imine (C=N–C) groups is 1. The van der Waals surface area contributed by atoms with Crippen LogP contribution in [0.2, 0.25) is 0 Å². The van der Waals surface area contributed by atoms with Crippen molar-refractivity contribution in [3.8, 4) is 0 Å². The summed E-state index contributed by atoms with van der Waals surface area (Å²) in [5.74, 6) is 0.516. The van der Waals surface area contributed by atoms with Gasteiger partial charge in [-0.2, -0.15) is 0 Å². The molecule has 0 aromatic carbocycles. The minimum Gasteiger partial charge on any atom is -0.388 e. The minimum atomic E-state index is 0.126. The predicted octanol–water partition coefficient (Wildman–Crippen LogP) is -0.144. The van der Waals surface area contributed by atoms with Gasteiger partial charge < -0.3 is 11.5 Å². The van der Waals surface area contributed by atoms with Crippen molar-refractivity contribution < 1.29 is 0 Å². The minimum absolute atomic E-state index is 0.126. The van der Waals surface area contributed by atoms with Crippen molar-refractivity contribution in [2.75, 3.05) is 6.54 Å². The monoisotopic (exact) mass is 140 g/mol. The van der Waals surface area contributed by atoms with E-state index < -0.39 is 0 Å². The Morgan fingerprint density at radius 2 is 2.20 bits per heavy atom. The van der Waals surface area contributed by atoms with E-state index in [0.29, 0.717) is 18.8 Å². The standard InChI is InChI=1S/C6H12N4/c1-2-6(9)10-4-3-5(7)8/h2H,1,3-4H2,(H3,7,8)(H2,9,10). The topological polar surface area (TPSA) is 88.2 Å². The van der Waals surface area contributed by atoms with Gasteiger partial charge in [-0.15, -0.1) is 0 Å². The molecule has 4 heteroatoms. The summed E-state index contributed by atoms with van der Waals surface area (Å²) < 4.78 is 0. The summed E-state index contributed by atoms with van der Waals surface area (Å²) in [6.45, 7) is 3.88. The maximum Gasteiger partial charge on any atom is 0.117 e. The van der Waals surface area contributed by atoms with Gasteiger partial charge in [-0.1, -0.05) is 6.58 Å². The summed E-state index contributed by atoms with van der Waals surface area (Å²) in [6.07, 6.45) is 1.91. The SMILES string of the molecule is C=CC(N)=NCCC(=N)N. The molecule has 0 atom stereocenters. The van der Waals surface area contributed by atoms with Gasteiger partial charge in [0, 0.05) is 13.0 Å². The first kappa shape index (κ1) is 8.68. The van der Waals surface area contributed by atoms with E-state index in [9.17, 15) is 0 Å². The van der Waals surface area contributed by atoms with Crippen molar-refractivity contribution in [2.24, 2.45) is 16.5 Å². The highest BCUT2D eigenvalue weighted by Gasteiger charge is 1.86. The third-order valence-electron chi connectivity index (χ3n) is 0.885. The molecule has 56 valence electrons. The van der Waals surface area contributed by atoms with Gasteiger partial charge in [0.1, 0.15) is 5.84 Å². The highest BCUT2D eigenvalue weighted by atomic mass is 14.8. The zero-order valence-corrected chi connectivity index (χ0v) is 5.80. The Kier molecular flexibility index (Phi) is 3.95. The third kappa shape index (κ3) is 4.83. The van der Waals surface area contributed by atoms with Crippen LogP contribution < -0.4 is 11.5 Å². The average molecular weight is 140 g/mol. The summed E-state index contributed by atoms with van der Waals surface area (Å²) in [5.41, 5.74) is 10.3. The highest BCUT2D eigenvalue weighted by molar-refractivity contribution is 5.91. The zero-order valence-electron chi connectivity index (χ0n) is 5.80. The molecule has 0 rings (SSSR count). The van der Waals surface area contributed by atoms with Crippen LogP contribution >= 0.6 is 0 Å². The van der Waals surface area contributed by atoms with E-state index in [1.165, 1.54) is 6.08 Å². The molecule has 4 nitrogen and oxygen atoms in total. The van der Waals surface area contributed by atoms with E-state index in [0.717, 1.165) is 0 Å². The molecule has 0 radical (unpaired) electrons. The Morgan fingerprint density at radius 1 is 1.60 bits per heavy atom. The lowest BCUT2D eigenvalue weighted by molar-refractivity contribution is 1.02. The van der Waals surface area contributed by atoms with Gasteiger partial charge in [-0.25, -0.2) is 0 Å². The van der Waals surface area contributed by atoms with Crippen LogP contribution in [0.15, 0.2) is 17.6 Å². The normalized spacial score (nSPS) is 11.0. The zero-order chi connectivity index (χ0) is 7.98. The Labute approximate surface area is 60.1 Å². The van der Waals surface area contributed by atoms with Crippen LogP contribution in [0.1, 0.15) is 6.42 Å². The molecule has 0 aliphatic rings. The van der Waals surface area contributed by atoms with E-state index in [1.807, 2.05) is 0 Å². The van der Waals surface area contributed by atoms with Gasteiger partial charge in [0.15, 0.2) is 0 Å². The first-order valence-electron chi connectivity index (χ1n) is 2.92. The number of hydrogen-bond donors (Lipinski definition) is 3. The number of nitrogens with two attached hydrogens (primary N) is 2. The lowest BCUT2D eigenvalue weighted by Gasteiger charge is -1.92. The molecule has 0 bridgehead atoms. The second kappa shape index (κ2) is 4.55. The van der Waals surface area contributed by atoms with E-state index in [1.54, 1.807) is 0 Å². The summed E-state index contributed by atoms with van der Waals surface area (Å²) >= 11 is 0. The first-order valence-corrected chi connectivity index (χ1v) is 2.92. The van der Waals surface area contributed by atoms with Crippen LogP contribution in [0, 0.1) is 5.41 Å². The number of rotatable bonds is 4. The molecule has 0 unspecified atom stereocenters. The summed E-state index contributed by atoms with van der Waals surface area (Å²) in [4.78, 5) is 3.84. The highest BCUT2D eigenvalue weighted by Crippen LogP contribution is 1.79. The van der Waals surface area contributed by atoms with Crippen molar-refractivity contribution in [3.63, 3.8) is 0 Å². The first-order chi connectivity index (χ1) is 4.66. The molecule has 0 amide bonds. The molecule has 0 fully saturated rings. The van der Waals surface area contributed by atoms with E-state index in [2.05, 4.69) is 11.6 Å². The van der Waals surface area contributed by atoms with Gasteiger partial charge in [0.25, 0.3) is 0 Å². The van der Waals surface area contributed by atoms with E-state index in [-0.39, 0.29) is 5.84 Å². The van der Waals surface area contributed by atoms with Crippen molar-refractivity contribution >= 4 is 11.7 Å².